The van der Waals surface area contributed by atoms with E-state index in [-0.39, 0.29) is 5.78 Å². The van der Waals surface area contributed by atoms with Crippen molar-refractivity contribution in [2.75, 3.05) is 0 Å². The second-order valence-corrected chi connectivity index (χ2v) is 4.71. The molecule has 68 valence electrons. The van der Waals surface area contributed by atoms with Crippen molar-refractivity contribution in [2.45, 2.75) is 32.1 Å². The smallest absolute Gasteiger partial charge is 0.178 e. The Balaban J connectivity index is 2.06. The summed E-state index contributed by atoms with van der Waals surface area (Å²) in [7, 11) is 0. The van der Waals surface area contributed by atoms with Gasteiger partial charge in [-0.1, -0.05) is 11.6 Å². The highest BCUT2D eigenvalue weighted by molar-refractivity contribution is 6.01. The van der Waals surface area contributed by atoms with Gasteiger partial charge in [0.15, 0.2) is 5.78 Å². The molecule has 1 nitrogen and oxygen atoms in total. The predicted octanol–water partition coefficient (Wildman–Crippen LogP) is 2.63. The lowest BCUT2D eigenvalue weighted by Crippen LogP contribution is -2.24. The fourth-order valence-electron chi connectivity index (χ4n) is 3.26. The fraction of sp³-hybridized carbons (Fsp3) is 0.583. The molecule has 3 aliphatic carbocycles. The Morgan fingerprint density at radius 1 is 1.38 bits per heavy atom. The van der Waals surface area contributed by atoms with E-state index in [0.29, 0.717) is 5.41 Å². The van der Waals surface area contributed by atoms with Gasteiger partial charge < -0.3 is 0 Å². The fourth-order valence-corrected chi connectivity index (χ4v) is 3.26. The maximum Gasteiger partial charge on any atom is 0.178 e. The van der Waals surface area contributed by atoms with E-state index in [9.17, 15) is 4.79 Å². The molecule has 0 aromatic carbocycles. The van der Waals surface area contributed by atoms with E-state index in [1.165, 1.54) is 37.7 Å². The molecule has 2 atom stereocenters. The van der Waals surface area contributed by atoms with Crippen molar-refractivity contribution in [3.8, 4) is 0 Å². The van der Waals surface area contributed by atoms with Crippen LogP contribution in [0.5, 0.6) is 0 Å². The molecule has 0 N–H and O–H groups in total. The van der Waals surface area contributed by atoms with Crippen LogP contribution in [0.2, 0.25) is 0 Å². The number of fused-ring (bicyclic) bond motifs is 1. The number of carbonyl (C=O) groups is 1. The van der Waals surface area contributed by atoms with Crippen LogP contribution >= 0.6 is 0 Å². The molecule has 2 bridgehead atoms. The van der Waals surface area contributed by atoms with E-state index < -0.39 is 0 Å². The normalized spacial score (nSPS) is 41.7. The van der Waals surface area contributed by atoms with Crippen LogP contribution < -0.4 is 0 Å². The second-order valence-electron chi connectivity index (χ2n) is 4.71. The van der Waals surface area contributed by atoms with Gasteiger partial charge in [0.25, 0.3) is 0 Å². The summed E-state index contributed by atoms with van der Waals surface area (Å²) in [5.41, 5.74) is 1.75. The Labute approximate surface area is 78.5 Å². The molecular formula is C12H14O. The second kappa shape index (κ2) is 2.34. The van der Waals surface area contributed by atoms with Crippen molar-refractivity contribution in [2.24, 2.45) is 11.3 Å². The van der Waals surface area contributed by atoms with Gasteiger partial charge in [-0.15, -0.1) is 0 Å². The van der Waals surface area contributed by atoms with E-state index in [1.54, 1.807) is 6.08 Å². The lowest BCUT2D eigenvalue weighted by Gasteiger charge is -2.35. The van der Waals surface area contributed by atoms with E-state index >= 15 is 0 Å². The number of carbonyl (C=O) groups excluding carboxylic acids is 1. The highest BCUT2D eigenvalue weighted by Gasteiger charge is 2.44. The van der Waals surface area contributed by atoms with Crippen molar-refractivity contribution >= 4 is 5.78 Å². The molecule has 3 rings (SSSR count). The van der Waals surface area contributed by atoms with Gasteiger partial charge in [-0.05, 0) is 50.2 Å². The van der Waals surface area contributed by atoms with Crippen LogP contribution in [0.1, 0.15) is 32.1 Å². The predicted molar refractivity (Wildman–Crippen MR) is 51.2 cm³/mol. The molecule has 1 heteroatoms. The highest BCUT2D eigenvalue weighted by atomic mass is 16.1. The van der Waals surface area contributed by atoms with Gasteiger partial charge in [0, 0.05) is 5.41 Å². The van der Waals surface area contributed by atoms with Crippen molar-refractivity contribution in [3.63, 3.8) is 0 Å². The Morgan fingerprint density at radius 2 is 2.31 bits per heavy atom. The lowest BCUT2D eigenvalue weighted by atomic mass is 9.69. The van der Waals surface area contributed by atoms with Gasteiger partial charge in [0.05, 0.1) is 0 Å². The first kappa shape index (κ1) is 7.54. The SMILES string of the molecule is O=C1C=C[C@]23CCC(CCC2=C1)C3. The van der Waals surface area contributed by atoms with Gasteiger partial charge in [-0.3, -0.25) is 4.79 Å². The first-order valence-electron chi connectivity index (χ1n) is 5.23. The topological polar surface area (TPSA) is 17.1 Å². The third-order valence-corrected chi connectivity index (χ3v) is 4.00. The summed E-state index contributed by atoms with van der Waals surface area (Å²) >= 11 is 0. The van der Waals surface area contributed by atoms with Crippen LogP contribution in [-0.2, 0) is 4.79 Å². The van der Waals surface area contributed by atoms with E-state index in [4.69, 9.17) is 0 Å². The minimum Gasteiger partial charge on any atom is -0.290 e. The molecule has 0 saturated heterocycles. The molecular weight excluding hydrogens is 160 g/mol. The summed E-state index contributed by atoms with van der Waals surface area (Å²) in [6.07, 6.45) is 12.3. The van der Waals surface area contributed by atoms with Gasteiger partial charge in [-0.25, -0.2) is 0 Å². The molecule has 13 heavy (non-hydrogen) atoms. The molecule has 2 saturated carbocycles. The van der Waals surface area contributed by atoms with Crippen molar-refractivity contribution in [1.82, 2.24) is 0 Å². The van der Waals surface area contributed by atoms with Crippen LogP contribution in [0, 0.1) is 11.3 Å². The molecule has 3 aliphatic rings. The first-order chi connectivity index (χ1) is 6.28. The maximum atomic E-state index is 11.2. The molecule has 1 spiro atoms. The monoisotopic (exact) mass is 174 g/mol. The van der Waals surface area contributed by atoms with Gasteiger partial charge >= 0.3 is 0 Å². The maximum absolute atomic E-state index is 11.2. The largest absolute Gasteiger partial charge is 0.290 e. The third kappa shape index (κ3) is 0.962. The first-order valence-corrected chi connectivity index (χ1v) is 5.23. The molecule has 0 aromatic rings. The Bertz CT molecular complexity index is 324. The van der Waals surface area contributed by atoms with Crippen molar-refractivity contribution in [3.05, 3.63) is 23.8 Å². The lowest BCUT2D eigenvalue weighted by molar-refractivity contribution is -0.110. The Kier molecular flexibility index (Phi) is 1.36. The average molecular weight is 174 g/mol. The number of hydrogen-bond donors (Lipinski definition) is 0. The minimum absolute atomic E-state index is 0.200. The highest BCUT2D eigenvalue weighted by Crippen LogP contribution is 2.56. The van der Waals surface area contributed by atoms with Crippen molar-refractivity contribution < 1.29 is 4.79 Å². The zero-order valence-corrected chi connectivity index (χ0v) is 7.75. The molecule has 2 fully saturated rings. The number of allylic oxidation sites excluding steroid dienone is 4. The van der Waals surface area contributed by atoms with Crippen LogP contribution in [0.15, 0.2) is 23.8 Å². The summed E-state index contributed by atoms with van der Waals surface area (Å²) in [5.74, 6) is 1.14. The molecule has 0 heterocycles. The van der Waals surface area contributed by atoms with Gasteiger partial charge in [0.1, 0.15) is 0 Å². The van der Waals surface area contributed by atoms with Crippen molar-refractivity contribution in [1.29, 1.82) is 0 Å². The van der Waals surface area contributed by atoms with Crippen LogP contribution in [0.4, 0.5) is 0 Å². The quantitative estimate of drug-likeness (QED) is 0.551. The van der Waals surface area contributed by atoms with Crippen LogP contribution in [0.25, 0.3) is 0 Å². The molecule has 0 aliphatic heterocycles. The summed E-state index contributed by atoms with van der Waals surface area (Å²) < 4.78 is 0. The zero-order chi connectivity index (χ0) is 8.89. The van der Waals surface area contributed by atoms with E-state index in [0.717, 1.165) is 5.92 Å². The number of rotatable bonds is 0. The molecule has 0 radical (unpaired) electrons. The zero-order valence-electron chi connectivity index (χ0n) is 7.75. The molecule has 0 aromatic heterocycles. The van der Waals surface area contributed by atoms with Gasteiger partial charge in [-0.2, -0.15) is 0 Å². The Morgan fingerprint density at radius 3 is 3.23 bits per heavy atom. The van der Waals surface area contributed by atoms with E-state index in [1.807, 2.05) is 6.08 Å². The summed E-state index contributed by atoms with van der Waals surface area (Å²) in [6.45, 7) is 0. The minimum atomic E-state index is 0.200. The number of ketones is 1. The number of hydrogen-bond acceptors (Lipinski definition) is 1. The standard InChI is InChI=1S/C12H14O/c13-11-4-6-12-5-3-9(8-12)1-2-10(12)7-11/h4,6-7,9H,1-3,5,8H2/t9?,12-/m0/s1. The van der Waals surface area contributed by atoms with Crippen LogP contribution in [-0.4, -0.2) is 5.78 Å². The van der Waals surface area contributed by atoms with E-state index in [2.05, 4.69) is 6.08 Å². The molecule has 0 amide bonds. The Hall–Kier alpha value is -0.850. The average Bonchev–Trinajstić information content (AvgIpc) is 2.46. The summed E-state index contributed by atoms with van der Waals surface area (Å²) in [5, 5.41) is 0. The third-order valence-electron chi connectivity index (χ3n) is 4.00. The van der Waals surface area contributed by atoms with Crippen LogP contribution in [0.3, 0.4) is 0 Å². The molecule has 1 unspecified atom stereocenters. The van der Waals surface area contributed by atoms with Gasteiger partial charge in [0.2, 0.25) is 0 Å². The summed E-state index contributed by atoms with van der Waals surface area (Å²) in [6, 6.07) is 0. The summed E-state index contributed by atoms with van der Waals surface area (Å²) in [4.78, 5) is 11.2.